The average Bonchev–Trinajstić information content (AvgIpc) is 2.36. The lowest BCUT2D eigenvalue weighted by Crippen LogP contribution is -2.20. The molecule has 2 rings (SSSR count). The van der Waals surface area contributed by atoms with Crippen LogP contribution in [0.1, 0.15) is 11.7 Å². The number of fused-ring (bicyclic) bond motifs is 1. The van der Waals surface area contributed by atoms with Gasteiger partial charge in [0.05, 0.1) is 6.10 Å². The molecule has 16 heavy (non-hydrogen) atoms. The van der Waals surface area contributed by atoms with Gasteiger partial charge in [0.2, 0.25) is 0 Å². The third kappa shape index (κ3) is 2.04. The maximum atomic E-state index is 9.95. The molecule has 1 aromatic carbocycles. The Morgan fingerprint density at radius 1 is 1.19 bits per heavy atom. The largest absolute Gasteiger partial charge is 0.389 e. The van der Waals surface area contributed by atoms with Crippen LogP contribution in [0, 0.1) is 0 Å². The molecule has 0 aliphatic carbocycles. The number of hydrogen-bond acceptors (Lipinski definition) is 4. The smallest absolute Gasteiger partial charge is 0.108 e. The zero-order chi connectivity index (χ0) is 11.5. The molecule has 0 fully saturated rings. The Bertz CT molecular complexity index is 484. The Labute approximate surface area is 99.2 Å². The molecule has 84 valence electrons. The quantitative estimate of drug-likeness (QED) is 0.708. The van der Waals surface area contributed by atoms with Gasteiger partial charge < -0.3 is 10.2 Å². The molecule has 2 unspecified atom stereocenters. The number of aromatic nitrogens is 1. The zero-order valence-electron chi connectivity index (χ0n) is 8.61. The molecular formula is C12H13NO2S. The lowest BCUT2D eigenvalue weighted by Gasteiger charge is -2.17. The predicted octanol–water partition coefficient (Wildman–Crippen LogP) is 1.56. The van der Waals surface area contributed by atoms with Gasteiger partial charge >= 0.3 is 0 Å². The SMILES string of the molecule is OC(CS)C(O)c1cncc2ccccc12. The number of rotatable bonds is 3. The molecule has 0 spiro atoms. The number of aliphatic hydroxyl groups excluding tert-OH is 2. The van der Waals surface area contributed by atoms with Crippen LogP contribution in [0.2, 0.25) is 0 Å². The minimum absolute atomic E-state index is 0.213. The Morgan fingerprint density at radius 3 is 2.69 bits per heavy atom. The van der Waals surface area contributed by atoms with Gasteiger partial charge in [0.25, 0.3) is 0 Å². The van der Waals surface area contributed by atoms with Crippen LogP contribution < -0.4 is 0 Å². The van der Waals surface area contributed by atoms with Gasteiger partial charge in [-0.15, -0.1) is 0 Å². The first-order chi connectivity index (χ1) is 7.74. The fourth-order valence-corrected chi connectivity index (χ4v) is 1.88. The number of thiol groups is 1. The molecule has 0 aliphatic heterocycles. The first-order valence-corrected chi connectivity index (χ1v) is 5.67. The predicted molar refractivity (Wildman–Crippen MR) is 66.6 cm³/mol. The van der Waals surface area contributed by atoms with E-state index in [9.17, 15) is 10.2 Å². The highest BCUT2D eigenvalue weighted by molar-refractivity contribution is 7.80. The van der Waals surface area contributed by atoms with Crippen LogP contribution >= 0.6 is 12.6 Å². The molecule has 0 amide bonds. The normalized spacial score (nSPS) is 14.9. The van der Waals surface area contributed by atoms with E-state index in [2.05, 4.69) is 17.6 Å². The van der Waals surface area contributed by atoms with Gasteiger partial charge in [-0.25, -0.2) is 0 Å². The van der Waals surface area contributed by atoms with E-state index in [1.54, 1.807) is 12.4 Å². The molecule has 0 radical (unpaired) electrons. The van der Waals surface area contributed by atoms with Gasteiger partial charge in [0.15, 0.2) is 0 Å². The summed E-state index contributed by atoms with van der Waals surface area (Å²) in [5.74, 6) is 0.213. The maximum Gasteiger partial charge on any atom is 0.108 e. The Balaban J connectivity index is 2.52. The summed E-state index contributed by atoms with van der Waals surface area (Å²) >= 11 is 3.97. The number of aliphatic hydroxyl groups is 2. The molecule has 3 nitrogen and oxygen atoms in total. The monoisotopic (exact) mass is 235 g/mol. The van der Waals surface area contributed by atoms with Crippen LogP contribution in [0.15, 0.2) is 36.7 Å². The Hall–Kier alpha value is -1.10. The van der Waals surface area contributed by atoms with Crippen LogP contribution in [-0.2, 0) is 0 Å². The molecule has 1 aromatic heterocycles. The summed E-state index contributed by atoms with van der Waals surface area (Å²) in [6.07, 6.45) is 1.49. The summed E-state index contributed by atoms with van der Waals surface area (Å²) in [5.41, 5.74) is 0.639. The third-order valence-electron chi connectivity index (χ3n) is 2.57. The van der Waals surface area contributed by atoms with Gasteiger partial charge in [0.1, 0.15) is 6.10 Å². The standard InChI is InChI=1S/C12H13NO2S/c14-11(7-16)12(15)10-6-13-5-8-3-1-2-4-9(8)10/h1-6,11-12,14-16H,7H2. The fraction of sp³-hybridized carbons (Fsp3) is 0.250. The van der Waals surface area contributed by atoms with Crippen molar-refractivity contribution in [2.24, 2.45) is 0 Å². The third-order valence-corrected chi connectivity index (χ3v) is 2.94. The first-order valence-electron chi connectivity index (χ1n) is 5.03. The van der Waals surface area contributed by atoms with E-state index >= 15 is 0 Å². The number of benzene rings is 1. The summed E-state index contributed by atoms with van der Waals surface area (Å²) in [6.45, 7) is 0. The topological polar surface area (TPSA) is 53.4 Å². The second-order valence-electron chi connectivity index (χ2n) is 3.64. The highest BCUT2D eigenvalue weighted by atomic mass is 32.1. The van der Waals surface area contributed by atoms with Crippen molar-refractivity contribution < 1.29 is 10.2 Å². The molecule has 0 saturated heterocycles. The van der Waals surface area contributed by atoms with Crippen LogP contribution in [-0.4, -0.2) is 27.1 Å². The second kappa shape index (κ2) is 4.82. The summed E-state index contributed by atoms with van der Waals surface area (Å²) in [5, 5.41) is 21.4. The van der Waals surface area contributed by atoms with Crippen molar-refractivity contribution in [3.05, 3.63) is 42.2 Å². The van der Waals surface area contributed by atoms with E-state index in [0.29, 0.717) is 5.56 Å². The maximum absolute atomic E-state index is 9.95. The van der Waals surface area contributed by atoms with Crippen LogP contribution in [0.3, 0.4) is 0 Å². The minimum atomic E-state index is -0.948. The van der Waals surface area contributed by atoms with E-state index in [4.69, 9.17) is 0 Å². The zero-order valence-corrected chi connectivity index (χ0v) is 9.51. The van der Waals surface area contributed by atoms with Crippen molar-refractivity contribution in [1.29, 1.82) is 0 Å². The molecule has 0 bridgehead atoms. The summed E-state index contributed by atoms with van der Waals surface area (Å²) in [6, 6.07) is 7.63. The van der Waals surface area contributed by atoms with Crippen molar-refractivity contribution in [2.45, 2.75) is 12.2 Å². The Morgan fingerprint density at radius 2 is 1.94 bits per heavy atom. The molecule has 2 atom stereocenters. The van der Waals surface area contributed by atoms with Gasteiger partial charge in [-0.3, -0.25) is 4.98 Å². The lowest BCUT2D eigenvalue weighted by molar-refractivity contribution is 0.0345. The minimum Gasteiger partial charge on any atom is -0.389 e. The van der Waals surface area contributed by atoms with Crippen LogP contribution in [0.5, 0.6) is 0 Å². The van der Waals surface area contributed by atoms with Crippen molar-refractivity contribution in [1.82, 2.24) is 4.98 Å². The highest BCUT2D eigenvalue weighted by Gasteiger charge is 2.19. The van der Waals surface area contributed by atoms with E-state index in [1.165, 1.54) is 0 Å². The van der Waals surface area contributed by atoms with Crippen molar-refractivity contribution in [3.63, 3.8) is 0 Å². The van der Waals surface area contributed by atoms with E-state index in [-0.39, 0.29) is 5.75 Å². The summed E-state index contributed by atoms with van der Waals surface area (Å²) in [4.78, 5) is 4.05. The van der Waals surface area contributed by atoms with Crippen molar-refractivity contribution in [3.8, 4) is 0 Å². The second-order valence-corrected chi connectivity index (χ2v) is 4.01. The van der Waals surface area contributed by atoms with Gasteiger partial charge in [-0.2, -0.15) is 12.6 Å². The van der Waals surface area contributed by atoms with Gasteiger partial charge in [-0.1, -0.05) is 24.3 Å². The molecule has 0 saturated carbocycles. The lowest BCUT2D eigenvalue weighted by atomic mass is 10.0. The molecular weight excluding hydrogens is 222 g/mol. The number of hydrogen-bond donors (Lipinski definition) is 3. The molecule has 0 aliphatic rings. The Kier molecular flexibility index (Phi) is 3.43. The molecule has 2 aromatic rings. The average molecular weight is 235 g/mol. The molecule has 4 heteroatoms. The summed E-state index contributed by atoms with van der Waals surface area (Å²) < 4.78 is 0. The molecule has 1 heterocycles. The van der Waals surface area contributed by atoms with Crippen LogP contribution in [0.4, 0.5) is 0 Å². The van der Waals surface area contributed by atoms with Gasteiger partial charge in [-0.05, 0) is 5.39 Å². The number of nitrogens with zero attached hydrogens (tertiary/aromatic N) is 1. The van der Waals surface area contributed by atoms with E-state index in [1.807, 2.05) is 24.3 Å². The molecule has 2 N–H and O–H groups in total. The van der Waals surface area contributed by atoms with Crippen molar-refractivity contribution >= 4 is 23.4 Å². The first kappa shape index (κ1) is 11.4. The number of pyridine rings is 1. The van der Waals surface area contributed by atoms with Crippen LogP contribution in [0.25, 0.3) is 10.8 Å². The summed E-state index contributed by atoms with van der Waals surface area (Å²) in [7, 11) is 0. The van der Waals surface area contributed by atoms with Crippen molar-refractivity contribution in [2.75, 3.05) is 5.75 Å². The highest BCUT2D eigenvalue weighted by Crippen LogP contribution is 2.25. The van der Waals surface area contributed by atoms with E-state index < -0.39 is 12.2 Å². The fourth-order valence-electron chi connectivity index (χ4n) is 1.68. The van der Waals surface area contributed by atoms with E-state index in [0.717, 1.165) is 10.8 Å². The van der Waals surface area contributed by atoms with Gasteiger partial charge in [0, 0.05) is 29.1 Å².